The molecule has 1 amide bonds. The lowest BCUT2D eigenvalue weighted by Crippen LogP contribution is -2.29. The predicted octanol–water partition coefficient (Wildman–Crippen LogP) is 4.94. The quantitative estimate of drug-likeness (QED) is 0.322. The summed E-state index contributed by atoms with van der Waals surface area (Å²) >= 11 is 0. The van der Waals surface area contributed by atoms with Gasteiger partial charge in [-0.2, -0.15) is 0 Å². The smallest absolute Gasteiger partial charge is 0.295 e. The number of methoxy groups -OCH3 is 2. The van der Waals surface area contributed by atoms with Crippen LogP contribution >= 0.6 is 0 Å². The maximum absolute atomic E-state index is 13.3. The summed E-state index contributed by atoms with van der Waals surface area (Å²) in [6.07, 6.45) is 0. The summed E-state index contributed by atoms with van der Waals surface area (Å²) in [5.41, 5.74) is 3.90. The standard InChI is InChI=1S/C28H27NO5/c1-17-7-5-9-20(13-17)25-24(26(30)21-11-12-23(34-4)18(2)14-21)27(31)28(32)29(25)16-19-8-6-10-22(15-19)33-3/h5-15,25,30H,16H2,1-4H3/b26-24-. The molecule has 174 valence electrons. The molecule has 0 aromatic heterocycles. The topological polar surface area (TPSA) is 76.1 Å². The van der Waals surface area contributed by atoms with Crippen LogP contribution in [-0.4, -0.2) is 35.9 Å². The second kappa shape index (κ2) is 9.43. The van der Waals surface area contributed by atoms with Gasteiger partial charge in [0, 0.05) is 12.1 Å². The van der Waals surface area contributed by atoms with Crippen molar-refractivity contribution >= 4 is 17.4 Å². The SMILES string of the molecule is COc1cccc(CN2C(=O)C(=O)/C(=C(\O)c3ccc(OC)c(C)c3)C2c2cccc(C)c2)c1. The van der Waals surface area contributed by atoms with Gasteiger partial charge in [0.2, 0.25) is 0 Å². The fourth-order valence-corrected chi connectivity index (χ4v) is 4.38. The Balaban J connectivity index is 1.86. The fourth-order valence-electron chi connectivity index (χ4n) is 4.38. The van der Waals surface area contributed by atoms with Crippen LogP contribution in [0.2, 0.25) is 0 Å². The molecule has 1 saturated heterocycles. The molecule has 1 atom stereocenters. The average molecular weight is 458 g/mol. The molecular weight excluding hydrogens is 430 g/mol. The lowest BCUT2D eigenvalue weighted by Gasteiger charge is -2.26. The van der Waals surface area contributed by atoms with Crippen LogP contribution < -0.4 is 9.47 Å². The van der Waals surface area contributed by atoms with Crippen molar-refractivity contribution < 1.29 is 24.2 Å². The molecule has 1 fully saturated rings. The number of Topliss-reactive ketones (excluding diaryl/α,β-unsaturated/α-hetero) is 1. The number of amides is 1. The van der Waals surface area contributed by atoms with E-state index in [0.717, 1.165) is 22.3 Å². The Morgan fingerprint density at radius 3 is 2.38 bits per heavy atom. The number of carbonyl (C=O) groups excluding carboxylic acids is 2. The summed E-state index contributed by atoms with van der Waals surface area (Å²) in [6.45, 7) is 4.00. The number of aliphatic hydroxyl groups excluding tert-OH is 1. The number of carbonyl (C=O) groups is 2. The van der Waals surface area contributed by atoms with Crippen LogP contribution in [0.15, 0.2) is 72.3 Å². The van der Waals surface area contributed by atoms with E-state index in [4.69, 9.17) is 9.47 Å². The zero-order valence-electron chi connectivity index (χ0n) is 19.7. The zero-order valence-corrected chi connectivity index (χ0v) is 19.7. The Morgan fingerprint density at radius 1 is 0.941 bits per heavy atom. The van der Waals surface area contributed by atoms with Crippen molar-refractivity contribution in [2.45, 2.75) is 26.4 Å². The van der Waals surface area contributed by atoms with Gasteiger partial charge in [-0.25, -0.2) is 0 Å². The van der Waals surface area contributed by atoms with Crippen molar-refractivity contribution in [3.05, 3.63) is 100 Å². The van der Waals surface area contributed by atoms with Gasteiger partial charge in [0.05, 0.1) is 25.8 Å². The van der Waals surface area contributed by atoms with Crippen molar-refractivity contribution in [2.24, 2.45) is 0 Å². The maximum atomic E-state index is 13.3. The molecule has 1 aliphatic rings. The molecular formula is C28H27NO5. The first kappa shape index (κ1) is 23.1. The largest absolute Gasteiger partial charge is 0.507 e. The third-order valence-corrected chi connectivity index (χ3v) is 6.05. The maximum Gasteiger partial charge on any atom is 0.295 e. The first-order valence-corrected chi connectivity index (χ1v) is 11.0. The van der Waals surface area contributed by atoms with E-state index >= 15 is 0 Å². The molecule has 6 nitrogen and oxygen atoms in total. The summed E-state index contributed by atoms with van der Waals surface area (Å²) in [7, 11) is 3.15. The first-order valence-electron chi connectivity index (χ1n) is 11.0. The Bertz CT molecular complexity index is 1290. The number of aliphatic hydroxyl groups is 1. The van der Waals surface area contributed by atoms with Gasteiger partial charge in [-0.1, -0.05) is 42.0 Å². The second-order valence-electron chi connectivity index (χ2n) is 8.38. The van der Waals surface area contributed by atoms with E-state index in [1.807, 2.05) is 62.4 Å². The zero-order chi connectivity index (χ0) is 24.4. The highest BCUT2D eigenvalue weighted by Crippen LogP contribution is 2.41. The van der Waals surface area contributed by atoms with Crippen molar-refractivity contribution in [1.29, 1.82) is 0 Å². The number of likely N-dealkylation sites (tertiary alicyclic amines) is 1. The fraction of sp³-hybridized carbons (Fsp3) is 0.214. The first-order chi connectivity index (χ1) is 16.3. The molecule has 3 aromatic rings. The van der Waals surface area contributed by atoms with Crippen LogP contribution in [0.5, 0.6) is 11.5 Å². The highest BCUT2D eigenvalue weighted by atomic mass is 16.5. The summed E-state index contributed by atoms with van der Waals surface area (Å²) in [6, 6.07) is 19.4. The number of hydrogen-bond donors (Lipinski definition) is 1. The van der Waals surface area contributed by atoms with E-state index in [1.165, 1.54) is 4.90 Å². The molecule has 1 aliphatic heterocycles. The average Bonchev–Trinajstić information content (AvgIpc) is 3.08. The van der Waals surface area contributed by atoms with E-state index in [9.17, 15) is 14.7 Å². The van der Waals surface area contributed by atoms with Gasteiger partial charge >= 0.3 is 0 Å². The highest BCUT2D eigenvalue weighted by Gasteiger charge is 2.46. The molecule has 34 heavy (non-hydrogen) atoms. The molecule has 0 spiro atoms. The van der Waals surface area contributed by atoms with Gasteiger partial charge in [-0.3, -0.25) is 9.59 Å². The van der Waals surface area contributed by atoms with Crippen LogP contribution in [0.1, 0.15) is 33.9 Å². The summed E-state index contributed by atoms with van der Waals surface area (Å²) in [5.74, 6) is -0.231. The minimum atomic E-state index is -0.728. The third kappa shape index (κ3) is 4.27. The van der Waals surface area contributed by atoms with E-state index in [1.54, 1.807) is 32.4 Å². The van der Waals surface area contributed by atoms with Crippen LogP contribution in [0.4, 0.5) is 0 Å². The van der Waals surface area contributed by atoms with Gasteiger partial charge in [-0.15, -0.1) is 0 Å². The van der Waals surface area contributed by atoms with Crippen LogP contribution in [0.3, 0.4) is 0 Å². The highest BCUT2D eigenvalue weighted by molar-refractivity contribution is 6.46. The Hall–Kier alpha value is -4.06. The normalized spacial score (nSPS) is 17.2. The lowest BCUT2D eigenvalue weighted by atomic mass is 9.94. The molecule has 1 unspecified atom stereocenters. The van der Waals surface area contributed by atoms with Crippen LogP contribution in [0, 0.1) is 13.8 Å². The van der Waals surface area contributed by atoms with E-state index in [2.05, 4.69) is 0 Å². The number of benzene rings is 3. The molecule has 0 saturated carbocycles. The van der Waals surface area contributed by atoms with E-state index in [-0.39, 0.29) is 17.9 Å². The lowest BCUT2D eigenvalue weighted by molar-refractivity contribution is -0.140. The number of aryl methyl sites for hydroxylation is 2. The number of rotatable bonds is 6. The monoisotopic (exact) mass is 457 g/mol. The number of ether oxygens (including phenoxy) is 2. The Morgan fingerprint density at radius 2 is 1.71 bits per heavy atom. The summed E-state index contributed by atoms with van der Waals surface area (Å²) < 4.78 is 10.6. The van der Waals surface area contributed by atoms with Crippen LogP contribution in [0.25, 0.3) is 5.76 Å². The molecule has 6 heteroatoms. The molecule has 0 bridgehead atoms. The molecule has 0 aliphatic carbocycles. The molecule has 3 aromatic carbocycles. The van der Waals surface area contributed by atoms with Gasteiger partial charge in [0.1, 0.15) is 17.3 Å². The van der Waals surface area contributed by atoms with Crippen LogP contribution in [-0.2, 0) is 16.1 Å². The van der Waals surface area contributed by atoms with Gasteiger partial charge < -0.3 is 19.5 Å². The number of hydrogen-bond acceptors (Lipinski definition) is 5. The summed E-state index contributed by atoms with van der Waals surface area (Å²) in [4.78, 5) is 28.0. The molecule has 0 radical (unpaired) electrons. The van der Waals surface area contributed by atoms with Crippen molar-refractivity contribution in [3.8, 4) is 11.5 Å². The molecule has 1 N–H and O–H groups in total. The van der Waals surface area contributed by atoms with E-state index < -0.39 is 17.7 Å². The molecule has 4 rings (SSSR count). The van der Waals surface area contributed by atoms with Crippen molar-refractivity contribution in [2.75, 3.05) is 14.2 Å². The number of nitrogens with zero attached hydrogens (tertiary/aromatic N) is 1. The predicted molar refractivity (Wildman–Crippen MR) is 130 cm³/mol. The summed E-state index contributed by atoms with van der Waals surface area (Å²) in [5, 5.41) is 11.3. The Labute approximate surface area is 199 Å². The van der Waals surface area contributed by atoms with Crippen molar-refractivity contribution in [1.82, 2.24) is 4.90 Å². The van der Waals surface area contributed by atoms with Gasteiger partial charge in [0.25, 0.3) is 11.7 Å². The van der Waals surface area contributed by atoms with Gasteiger partial charge in [0.15, 0.2) is 0 Å². The Kier molecular flexibility index (Phi) is 6.41. The third-order valence-electron chi connectivity index (χ3n) is 6.05. The number of ketones is 1. The molecule has 1 heterocycles. The van der Waals surface area contributed by atoms with Crippen molar-refractivity contribution in [3.63, 3.8) is 0 Å². The second-order valence-corrected chi connectivity index (χ2v) is 8.38. The van der Waals surface area contributed by atoms with E-state index in [0.29, 0.717) is 17.1 Å². The minimum absolute atomic E-state index is 0.0723. The van der Waals surface area contributed by atoms with Gasteiger partial charge in [-0.05, 0) is 60.9 Å². The minimum Gasteiger partial charge on any atom is -0.507 e.